The van der Waals surface area contributed by atoms with E-state index in [0.29, 0.717) is 36.8 Å². The van der Waals surface area contributed by atoms with Crippen LogP contribution in [0.25, 0.3) is 0 Å². The molecule has 0 aromatic rings. The van der Waals surface area contributed by atoms with Crippen molar-refractivity contribution < 1.29 is 29.7 Å². The number of carboxylic acid groups (broad SMARTS) is 1. The van der Waals surface area contributed by atoms with Crippen molar-refractivity contribution in [2.45, 2.75) is 96.2 Å². The van der Waals surface area contributed by atoms with E-state index in [1.54, 1.807) is 0 Å². The van der Waals surface area contributed by atoms with Crippen LogP contribution in [0.15, 0.2) is 11.1 Å². The minimum Gasteiger partial charge on any atom is -0.481 e. The molecule has 2 atom stereocenters. The summed E-state index contributed by atoms with van der Waals surface area (Å²) in [7, 11) is 0. The molecule has 0 heterocycles. The number of aliphatic hydroxyl groups is 2. The van der Waals surface area contributed by atoms with E-state index in [-0.39, 0.29) is 30.8 Å². The van der Waals surface area contributed by atoms with Crippen LogP contribution in [0.2, 0.25) is 0 Å². The number of hydrogen-bond donors (Lipinski definition) is 3. The van der Waals surface area contributed by atoms with Gasteiger partial charge in [-0.25, -0.2) is 0 Å². The van der Waals surface area contributed by atoms with Crippen molar-refractivity contribution >= 4 is 17.5 Å². The molecule has 6 heteroatoms. The smallest absolute Gasteiger partial charge is 0.303 e. The van der Waals surface area contributed by atoms with Gasteiger partial charge in [0.05, 0.1) is 12.2 Å². The minimum atomic E-state index is -1.09. The molecule has 0 fully saturated rings. The molecule has 0 aromatic heterocycles. The van der Waals surface area contributed by atoms with Crippen LogP contribution in [-0.4, -0.2) is 45.1 Å². The topological polar surface area (TPSA) is 112 Å². The van der Waals surface area contributed by atoms with Crippen LogP contribution in [0.5, 0.6) is 0 Å². The lowest BCUT2D eigenvalue weighted by Gasteiger charge is -2.16. The maximum atomic E-state index is 12.1. The van der Waals surface area contributed by atoms with Crippen LogP contribution in [0.3, 0.4) is 0 Å². The number of aliphatic hydroxyl groups excluding tert-OH is 2. The Kier molecular flexibility index (Phi) is 10.4. The van der Waals surface area contributed by atoms with Gasteiger partial charge in [0, 0.05) is 25.7 Å². The molecule has 0 spiro atoms. The number of aliphatic carboxylic acids is 1. The molecule has 3 N–H and O–H groups in total. The van der Waals surface area contributed by atoms with Gasteiger partial charge in [0.1, 0.15) is 5.78 Å². The molecule has 0 amide bonds. The summed E-state index contributed by atoms with van der Waals surface area (Å²) in [5.41, 5.74) is 0.786. The lowest BCUT2D eigenvalue weighted by Crippen LogP contribution is -2.23. The molecule has 2 unspecified atom stereocenters. The molecule has 1 aliphatic carbocycles. The number of carboxylic acids is 1. The summed E-state index contributed by atoms with van der Waals surface area (Å²) in [5.74, 6) is -1.01. The van der Waals surface area contributed by atoms with E-state index < -0.39 is 18.2 Å². The van der Waals surface area contributed by atoms with Gasteiger partial charge in [0.2, 0.25) is 0 Å². The fourth-order valence-electron chi connectivity index (χ4n) is 3.41. The number of hydrogen-bond acceptors (Lipinski definition) is 5. The second kappa shape index (κ2) is 12.0. The van der Waals surface area contributed by atoms with Gasteiger partial charge in [-0.15, -0.1) is 0 Å². The maximum Gasteiger partial charge on any atom is 0.303 e. The first-order chi connectivity index (χ1) is 12.4. The largest absolute Gasteiger partial charge is 0.481 e. The standard InChI is InChI=1S/C20H32O6/c1-2-3-6-9-14(21)12-17(23)20-15(16(22)13-18(20)24)10-7-4-5-8-11-19(25)26/h17-18,23-24H,2-13H2,1H3,(H,25,26). The molecule has 0 saturated carbocycles. The monoisotopic (exact) mass is 368 g/mol. The Balaban J connectivity index is 2.54. The van der Waals surface area contributed by atoms with Crippen LogP contribution in [0, 0.1) is 0 Å². The lowest BCUT2D eigenvalue weighted by molar-refractivity contribution is -0.137. The molecule has 148 valence electrons. The highest BCUT2D eigenvalue weighted by atomic mass is 16.4. The molecule has 1 aliphatic rings. The van der Waals surface area contributed by atoms with Crippen molar-refractivity contribution in [2.75, 3.05) is 0 Å². The third-order valence-electron chi connectivity index (χ3n) is 4.83. The minimum absolute atomic E-state index is 0.0230. The Morgan fingerprint density at radius 2 is 1.73 bits per heavy atom. The van der Waals surface area contributed by atoms with E-state index in [1.807, 2.05) is 0 Å². The Morgan fingerprint density at radius 1 is 1.08 bits per heavy atom. The molecular formula is C20H32O6. The first kappa shape index (κ1) is 22.5. The number of allylic oxidation sites excluding steroid dienone is 1. The van der Waals surface area contributed by atoms with Crippen LogP contribution in [0.1, 0.15) is 84.0 Å². The van der Waals surface area contributed by atoms with Crippen molar-refractivity contribution in [3.8, 4) is 0 Å². The van der Waals surface area contributed by atoms with Gasteiger partial charge < -0.3 is 15.3 Å². The molecule has 6 nitrogen and oxygen atoms in total. The lowest BCUT2D eigenvalue weighted by atomic mass is 9.95. The molecule has 0 bridgehead atoms. The average molecular weight is 368 g/mol. The fraction of sp³-hybridized carbons (Fsp3) is 0.750. The van der Waals surface area contributed by atoms with E-state index >= 15 is 0 Å². The third kappa shape index (κ3) is 7.79. The van der Waals surface area contributed by atoms with Gasteiger partial charge in [-0.3, -0.25) is 14.4 Å². The van der Waals surface area contributed by atoms with Crippen LogP contribution < -0.4 is 0 Å². The summed E-state index contributed by atoms with van der Waals surface area (Å²) < 4.78 is 0. The second-order valence-electron chi connectivity index (χ2n) is 7.10. The zero-order valence-electron chi connectivity index (χ0n) is 15.7. The van der Waals surface area contributed by atoms with Gasteiger partial charge >= 0.3 is 5.97 Å². The van der Waals surface area contributed by atoms with Crippen molar-refractivity contribution in [1.29, 1.82) is 0 Å². The highest BCUT2D eigenvalue weighted by Crippen LogP contribution is 2.31. The number of rotatable bonds is 14. The summed E-state index contributed by atoms with van der Waals surface area (Å²) in [6.07, 6.45) is 4.51. The van der Waals surface area contributed by atoms with Gasteiger partial charge in [-0.05, 0) is 36.8 Å². The zero-order chi connectivity index (χ0) is 19.5. The highest BCUT2D eigenvalue weighted by Gasteiger charge is 2.34. The second-order valence-corrected chi connectivity index (χ2v) is 7.10. The zero-order valence-corrected chi connectivity index (χ0v) is 15.7. The summed E-state index contributed by atoms with van der Waals surface area (Å²) in [6.45, 7) is 2.05. The van der Waals surface area contributed by atoms with Crippen LogP contribution in [0.4, 0.5) is 0 Å². The van der Waals surface area contributed by atoms with Crippen molar-refractivity contribution in [3.63, 3.8) is 0 Å². The fourth-order valence-corrected chi connectivity index (χ4v) is 3.41. The van der Waals surface area contributed by atoms with Crippen LogP contribution in [-0.2, 0) is 14.4 Å². The number of carbonyl (C=O) groups is 3. The molecule has 0 aromatic carbocycles. The van der Waals surface area contributed by atoms with Gasteiger partial charge in [0.25, 0.3) is 0 Å². The Morgan fingerprint density at radius 3 is 2.38 bits per heavy atom. The summed E-state index contributed by atoms with van der Waals surface area (Å²) in [4.78, 5) is 34.6. The van der Waals surface area contributed by atoms with Gasteiger partial charge in [0.15, 0.2) is 5.78 Å². The van der Waals surface area contributed by atoms with E-state index in [2.05, 4.69) is 6.92 Å². The quantitative estimate of drug-likeness (QED) is 0.406. The van der Waals surface area contributed by atoms with Crippen LogP contribution >= 0.6 is 0 Å². The number of Topliss-reactive ketones (excluding diaryl/α,β-unsaturated/α-hetero) is 2. The van der Waals surface area contributed by atoms with E-state index in [4.69, 9.17) is 5.11 Å². The first-order valence-corrected chi connectivity index (χ1v) is 9.72. The molecule has 0 radical (unpaired) electrons. The van der Waals surface area contributed by atoms with Crippen molar-refractivity contribution in [1.82, 2.24) is 0 Å². The Bertz CT molecular complexity index is 522. The first-order valence-electron chi connectivity index (χ1n) is 9.72. The van der Waals surface area contributed by atoms with E-state index in [9.17, 15) is 24.6 Å². The Labute approximate surface area is 155 Å². The predicted molar refractivity (Wildman–Crippen MR) is 97.8 cm³/mol. The SMILES string of the molecule is CCCCCC(=O)CC(O)C1=C(CCCCCCC(=O)O)C(=O)CC1O. The average Bonchev–Trinajstić information content (AvgIpc) is 2.84. The number of ketones is 2. The van der Waals surface area contributed by atoms with Crippen molar-refractivity contribution in [3.05, 3.63) is 11.1 Å². The maximum absolute atomic E-state index is 12.1. The predicted octanol–water partition coefficient (Wildman–Crippen LogP) is 2.94. The third-order valence-corrected chi connectivity index (χ3v) is 4.83. The summed E-state index contributed by atoms with van der Waals surface area (Å²) in [5, 5.41) is 29.1. The van der Waals surface area contributed by atoms with Gasteiger partial charge in [-0.2, -0.15) is 0 Å². The number of carbonyl (C=O) groups excluding carboxylic acids is 2. The molecule has 0 saturated heterocycles. The van der Waals surface area contributed by atoms with E-state index in [0.717, 1.165) is 32.1 Å². The highest BCUT2D eigenvalue weighted by molar-refractivity contribution is 6.00. The summed E-state index contributed by atoms with van der Waals surface area (Å²) in [6, 6.07) is 0. The van der Waals surface area contributed by atoms with E-state index in [1.165, 1.54) is 0 Å². The normalized spacial score (nSPS) is 18.4. The summed E-state index contributed by atoms with van der Waals surface area (Å²) >= 11 is 0. The molecular weight excluding hydrogens is 336 g/mol. The molecule has 1 rings (SSSR count). The molecule has 0 aliphatic heterocycles. The Hall–Kier alpha value is -1.53. The van der Waals surface area contributed by atoms with Gasteiger partial charge in [-0.1, -0.05) is 32.6 Å². The molecule has 26 heavy (non-hydrogen) atoms. The number of unbranched alkanes of at least 4 members (excludes halogenated alkanes) is 5. The van der Waals surface area contributed by atoms with Crippen molar-refractivity contribution in [2.24, 2.45) is 0 Å².